The Morgan fingerprint density at radius 2 is 1.94 bits per heavy atom. The van der Waals surface area contributed by atoms with E-state index in [2.05, 4.69) is 32.7 Å². The Kier molecular flexibility index (Phi) is 10.7. The zero-order valence-electron chi connectivity index (χ0n) is 19.3. The summed E-state index contributed by atoms with van der Waals surface area (Å²) in [4.78, 5) is 25.7. The van der Waals surface area contributed by atoms with Gasteiger partial charge in [0.25, 0.3) is 0 Å². The van der Waals surface area contributed by atoms with Crippen LogP contribution < -0.4 is 15.5 Å². The van der Waals surface area contributed by atoms with Gasteiger partial charge in [-0.2, -0.15) is 0 Å². The molecule has 1 atom stereocenters. The van der Waals surface area contributed by atoms with Crippen molar-refractivity contribution in [2.75, 3.05) is 45.2 Å². The van der Waals surface area contributed by atoms with Gasteiger partial charge in [-0.1, -0.05) is 36.4 Å². The Labute approximate surface area is 208 Å². The van der Waals surface area contributed by atoms with E-state index in [4.69, 9.17) is 0 Å². The highest BCUT2D eigenvalue weighted by Gasteiger charge is 2.29. The third kappa shape index (κ3) is 7.96. The minimum absolute atomic E-state index is 0. The van der Waals surface area contributed by atoms with Crippen molar-refractivity contribution in [3.8, 4) is 0 Å². The molecule has 8 heteroatoms. The Balaban J connectivity index is 0.00000363. The van der Waals surface area contributed by atoms with E-state index in [9.17, 15) is 4.79 Å². The van der Waals surface area contributed by atoms with E-state index < -0.39 is 0 Å². The van der Waals surface area contributed by atoms with Gasteiger partial charge in [-0.25, -0.2) is 9.98 Å². The van der Waals surface area contributed by atoms with Crippen LogP contribution in [0.3, 0.4) is 0 Å². The van der Waals surface area contributed by atoms with Crippen molar-refractivity contribution in [1.29, 1.82) is 0 Å². The average molecular weight is 550 g/mol. The molecule has 1 fully saturated rings. The number of benzene rings is 1. The molecule has 0 radical (unpaired) electrons. The summed E-state index contributed by atoms with van der Waals surface area (Å²) in [6.45, 7) is 5.64. The summed E-state index contributed by atoms with van der Waals surface area (Å²) >= 11 is 0. The van der Waals surface area contributed by atoms with Crippen molar-refractivity contribution in [2.45, 2.75) is 26.3 Å². The van der Waals surface area contributed by atoms with Crippen LogP contribution in [0.15, 0.2) is 53.5 Å². The van der Waals surface area contributed by atoms with E-state index >= 15 is 0 Å². The standard InChI is InChI=1S/C24H34N6O.HI/c1-4-25-24(27-17-21-11-8-12-22(28-21)29(2)3)26-16-20-15-23(31)30(18-20)14-13-19-9-6-5-7-10-19;/h5-12,20H,4,13-18H2,1-3H3,(H2,25,26,27);1H. The van der Waals surface area contributed by atoms with Crippen LogP contribution in [0, 0.1) is 5.92 Å². The first-order valence-electron chi connectivity index (χ1n) is 11.0. The van der Waals surface area contributed by atoms with Gasteiger partial charge < -0.3 is 20.4 Å². The number of hydrogen-bond acceptors (Lipinski definition) is 4. The number of anilines is 1. The number of nitrogens with zero attached hydrogens (tertiary/aromatic N) is 4. The molecule has 1 saturated heterocycles. The maximum absolute atomic E-state index is 12.4. The summed E-state index contributed by atoms with van der Waals surface area (Å²) in [6.07, 6.45) is 1.49. The summed E-state index contributed by atoms with van der Waals surface area (Å²) in [7, 11) is 3.96. The molecule has 2 aromatic rings. The van der Waals surface area contributed by atoms with E-state index in [0.717, 1.165) is 50.1 Å². The molecule has 1 unspecified atom stereocenters. The molecule has 1 aliphatic rings. The highest BCUT2D eigenvalue weighted by molar-refractivity contribution is 14.0. The van der Waals surface area contributed by atoms with Gasteiger partial charge in [-0.15, -0.1) is 24.0 Å². The lowest BCUT2D eigenvalue weighted by Crippen LogP contribution is -2.40. The molecule has 0 bridgehead atoms. The number of likely N-dealkylation sites (tertiary alicyclic amines) is 1. The van der Waals surface area contributed by atoms with Crippen molar-refractivity contribution < 1.29 is 4.79 Å². The monoisotopic (exact) mass is 550 g/mol. The largest absolute Gasteiger partial charge is 0.363 e. The molecule has 32 heavy (non-hydrogen) atoms. The Morgan fingerprint density at radius 1 is 1.16 bits per heavy atom. The van der Waals surface area contributed by atoms with Crippen LogP contribution in [-0.2, 0) is 17.8 Å². The van der Waals surface area contributed by atoms with E-state index in [-0.39, 0.29) is 29.9 Å². The fraction of sp³-hybridized carbons (Fsp3) is 0.458. The minimum Gasteiger partial charge on any atom is -0.363 e. The van der Waals surface area contributed by atoms with E-state index in [0.29, 0.717) is 18.9 Å². The number of amides is 1. The lowest BCUT2D eigenvalue weighted by Gasteiger charge is -2.18. The molecule has 0 aliphatic carbocycles. The summed E-state index contributed by atoms with van der Waals surface area (Å²) < 4.78 is 0. The number of halogens is 1. The van der Waals surface area contributed by atoms with Gasteiger partial charge in [0.05, 0.1) is 12.2 Å². The summed E-state index contributed by atoms with van der Waals surface area (Å²) in [5.41, 5.74) is 2.19. The number of pyridine rings is 1. The molecule has 0 saturated carbocycles. The second-order valence-electron chi connectivity index (χ2n) is 8.10. The van der Waals surface area contributed by atoms with Crippen molar-refractivity contribution in [3.05, 3.63) is 59.8 Å². The van der Waals surface area contributed by atoms with Gasteiger partial charge in [-0.05, 0) is 31.0 Å². The lowest BCUT2D eigenvalue weighted by molar-refractivity contribution is -0.127. The third-order valence-electron chi connectivity index (χ3n) is 5.36. The highest BCUT2D eigenvalue weighted by Crippen LogP contribution is 2.17. The molecule has 3 rings (SSSR count). The highest BCUT2D eigenvalue weighted by atomic mass is 127. The minimum atomic E-state index is 0. The first kappa shape index (κ1) is 25.9. The second-order valence-corrected chi connectivity index (χ2v) is 8.10. The molecular weight excluding hydrogens is 515 g/mol. The van der Waals surface area contributed by atoms with Crippen LogP contribution in [0.4, 0.5) is 5.82 Å². The number of nitrogens with one attached hydrogen (secondary N) is 2. The molecule has 2 heterocycles. The van der Waals surface area contributed by atoms with E-state index in [1.165, 1.54) is 5.56 Å². The molecule has 1 amide bonds. The molecule has 174 valence electrons. The average Bonchev–Trinajstić information content (AvgIpc) is 3.14. The Bertz CT molecular complexity index is 874. The predicted octanol–water partition coefficient (Wildman–Crippen LogP) is 2.91. The Hall–Kier alpha value is -2.36. The summed E-state index contributed by atoms with van der Waals surface area (Å²) in [5, 5.41) is 6.69. The number of guanidine groups is 1. The SMILES string of the molecule is CCNC(=NCc1cccc(N(C)C)n1)NCC1CC(=O)N(CCc2ccccc2)C1.I. The van der Waals surface area contributed by atoms with Crippen LogP contribution in [0.5, 0.6) is 0 Å². The van der Waals surface area contributed by atoms with Gasteiger partial charge in [0.2, 0.25) is 5.91 Å². The first-order valence-corrected chi connectivity index (χ1v) is 11.0. The maximum atomic E-state index is 12.4. The molecule has 0 spiro atoms. The number of rotatable bonds is 9. The molecule has 7 nitrogen and oxygen atoms in total. The number of carbonyl (C=O) groups excluding carboxylic acids is 1. The fourth-order valence-corrected chi connectivity index (χ4v) is 3.66. The van der Waals surface area contributed by atoms with Crippen molar-refractivity contribution in [3.63, 3.8) is 0 Å². The Morgan fingerprint density at radius 3 is 2.66 bits per heavy atom. The maximum Gasteiger partial charge on any atom is 0.223 e. The molecule has 1 aromatic carbocycles. The van der Waals surface area contributed by atoms with Crippen LogP contribution in [-0.4, -0.2) is 62.0 Å². The van der Waals surface area contributed by atoms with Crippen molar-refractivity contribution in [2.24, 2.45) is 10.9 Å². The summed E-state index contributed by atoms with van der Waals surface area (Å²) in [6, 6.07) is 16.3. The first-order chi connectivity index (χ1) is 15.0. The number of aliphatic imine (C=N–C) groups is 1. The zero-order valence-corrected chi connectivity index (χ0v) is 21.6. The fourth-order valence-electron chi connectivity index (χ4n) is 3.66. The van der Waals surface area contributed by atoms with Gasteiger partial charge in [0.1, 0.15) is 5.82 Å². The number of carbonyl (C=O) groups is 1. The number of aromatic nitrogens is 1. The van der Waals surface area contributed by atoms with Gasteiger partial charge in [0, 0.05) is 52.6 Å². The van der Waals surface area contributed by atoms with Crippen LogP contribution in [0.1, 0.15) is 24.6 Å². The summed E-state index contributed by atoms with van der Waals surface area (Å²) in [5.74, 6) is 2.22. The second kappa shape index (κ2) is 13.2. The lowest BCUT2D eigenvalue weighted by atomic mass is 10.1. The third-order valence-corrected chi connectivity index (χ3v) is 5.36. The number of hydrogen-bond donors (Lipinski definition) is 2. The quantitative estimate of drug-likeness (QED) is 0.286. The zero-order chi connectivity index (χ0) is 22.1. The van der Waals surface area contributed by atoms with E-state index in [1.807, 2.05) is 67.2 Å². The van der Waals surface area contributed by atoms with Crippen molar-refractivity contribution >= 4 is 41.7 Å². The van der Waals surface area contributed by atoms with Crippen LogP contribution in [0.2, 0.25) is 0 Å². The van der Waals surface area contributed by atoms with Gasteiger partial charge in [0.15, 0.2) is 5.96 Å². The molecular formula is C24H35IN6O. The molecule has 1 aromatic heterocycles. The van der Waals surface area contributed by atoms with E-state index in [1.54, 1.807) is 0 Å². The predicted molar refractivity (Wildman–Crippen MR) is 142 cm³/mol. The van der Waals surface area contributed by atoms with Gasteiger partial charge in [-0.3, -0.25) is 4.79 Å². The van der Waals surface area contributed by atoms with Crippen molar-refractivity contribution in [1.82, 2.24) is 20.5 Å². The normalized spacial score (nSPS) is 16.0. The topological polar surface area (TPSA) is 72.9 Å². The van der Waals surface area contributed by atoms with Gasteiger partial charge >= 0.3 is 0 Å². The van der Waals surface area contributed by atoms with Crippen LogP contribution in [0.25, 0.3) is 0 Å². The molecule has 2 N–H and O–H groups in total. The van der Waals surface area contributed by atoms with Crippen LogP contribution >= 0.6 is 24.0 Å². The smallest absolute Gasteiger partial charge is 0.223 e. The molecule has 1 aliphatic heterocycles.